The number of rotatable bonds is 9. The molecule has 0 aliphatic carbocycles. The fourth-order valence-electron chi connectivity index (χ4n) is 1.89. The first kappa shape index (κ1) is 20.4. The van der Waals surface area contributed by atoms with Gasteiger partial charge in [-0.1, -0.05) is 25.5 Å². The topological polar surface area (TPSA) is 41.6 Å². The molecule has 0 unspecified atom stereocenters. The predicted molar refractivity (Wildman–Crippen MR) is 107 cm³/mol. The van der Waals surface area contributed by atoms with E-state index in [-0.39, 0.29) is 5.91 Å². The highest BCUT2D eigenvalue weighted by Crippen LogP contribution is 2.26. The first-order valence-corrected chi connectivity index (χ1v) is 8.98. The van der Waals surface area contributed by atoms with E-state index in [2.05, 4.69) is 41.3 Å². The van der Waals surface area contributed by atoms with Crippen molar-refractivity contribution in [3.63, 3.8) is 0 Å². The maximum atomic E-state index is 12.4. The minimum Gasteiger partial charge on any atom is -0.492 e. The van der Waals surface area contributed by atoms with E-state index >= 15 is 0 Å². The van der Waals surface area contributed by atoms with Crippen molar-refractivity contribution in [2.45, 2.75) is 19.8 Å². The summed E-state index contributed by atoms with van der Waals surface area (Å²) in [5.74, 6) is 0.460. The molecule has 0 aromatic heterocycles. The smallest absolute Gasteiger partial charge is 0.257 e. The van der Waals surface area contributed by atoms with Crippen molar-refractivity contribution in [2.75, 3.05) is 19.7 Å². The van der Waals surface area contributed by atoms with Crippen LogP contribution in [0.25, 0.3) is 0 Å². The van der Waals surface area contributed by atoms with Gasteiger partial charge in [-0.25, -0.2) is 0 Å². The zero-order valence-electron chi connectivity index (χ0n) is 13.9. The summed E-state index contributed by atoms with van der Waals surface area (Å²) in [7, 11) is 0. The lowest BCUT2D eigenvalue weighted by Gasteiger charge is -2.22. The Morgan fingerprint density at radius 1 is 1.38 bits per heavy atom. The van der Waals surface area contributed by atoms with E-state index in [1.807, 2.05) is 0 Å². The van der Waals surface area contributed by atoms with E-state index < -0.39 is 0 Å². The Kier molecular flexibility index (Phi) is 9.34. The molecule has 1 rings (SSSR count). The van der Waals surface area contributed by atoms with Gasteiger partial charge in [0, 0.05) is 18.7 Å². The Bertz CT molecular complexity index is 595. The molecule has 1 amide bonds. The number of hydrogen-bond acceptors (Lipinski definition) is 3. The van der Waals surface area contributed by atoms with Crippen LogP contribution in [0.15, 0.2) is 48.0 Å². The van der Waals surface area contributed by atoms with Crippen LogP contribution in [0.3, 0.4) is 0 Å². The van der Waals surface area contributed by atoms with Gasteiger partial charge in [0.25, 0.3) is 5.91 Å². The first-order chi connectivity index (χ1) is 11.5. The monoisotopic (exact) mass is 410 g/mol. The van der Waals surface area contributed by atoms with Gasteiger partial charge >= 0.3 is 0 Å². The van der Waals surface area contributed by atoms with E-state index in [1.54, 1.807) is 35.3 Å². The van der Waals surface area contributed by atoms with Gasteiger partial charge < -0.3 is 9.64 Å². The van der Waals surface area contributed by atoms with Gasteiger partial charge in [0.2, 0.25) is 0 Å². The third-order valence-corrected chi connectivity index (χ3v) is 4.14. The van der Waals surface area contributed by atoms with Crippen LogP contribution in [0.4, 0.5) is 0 Å². The van der Waals surface area contributed by atoms with Gasteiger partial charge in [-0.3, -0.25) is 10.1 Å². The second-order valence-corrected chi connectivity index (χ2v) is 6.33. The van der Waals surface area contributed by atoms with E-state index in [1.165, 1.54) is 0 Å². The molecule has 0 radical (unpaired) electrons. The van der Waals surface area contributed by atoms with Gasteiger partial charge in [0.05, 0.1) is 11.1 Å². The van der Waals surface area contributed by atoms with Gasteiger partial charge in [-0.2, -0.15) is 0 Å². The van der Waals surface area contributed by atoms with E-state index in [0.29, 0.717) is 30.4 Å². The van der Waals surface area contributed by atoms with Crippen molar-refractivity contribution in [1.82, 2.24) is 10.2 Å². The summed E-state index contributed by atoms with van der Waals surface area (Å²) in [6, 6.07) is 5.23. The molecule has 0 aliphatic heterocycles. The molecular weight excluding hydrogens is 388 g/mol. The van der Waals surface area contributed by atoms with E-state index in [4.69, 9.17) is 17.0 Å². The number of amides is 1. The summed E-state index contributed by atoms with van der Waals surface area (Å²) in [6.45, 7) is 11.2. The summed E-state index contributed by atoms with van der Waals surface area (Å²) in [5.41, 5.74) is 0.504. The summed E-state index contributed by atoms with van der Waals surface area (Å²) in [4.78, 5) is 14.1. The van der Waals surface area contributed by atoms with Crippen molar-refractivity contribution in [1.29, 1.82) is 0 Å². The molecule has 0 fully saturated rings. The number of thiocarbonyl (C=S) groups is 1. The number of nitrogens with one attached hydrogen (secondary N) is 1. The van der Waals surface area contributed by atoms with Gasteiger partial charge in [-0.15, -0.1) is 13.2 Å². The summed E-state index contributed by atoms with van der Waals surface area (Å²) < 4.78 is 6.40. The molecule has 0 spiro atoms. The van der Waals surface area contributed by atoms with Crippen molar-refractivity contribution in [3.05, 3.63) is 53.5 Å². The van der Waals surface area contributed by atoms with Crippen LogP contribution in [0, 0.1) is 0 Å². The molecule has 0 saturated heterocycles. The third kappa shape index (κ3) is 6.45. The lowest BCUT2D eigenvalue weighted by molar-refractivity contribution is 0.0974. The Morgan fingerprint density at radius 2 is 2.04 bits per heavy atom. The molecule has 1 N–H and O–H groups in total. The minimum absolute atomic E-state index is 0.265. The molecule has 1 aromatic rings. The van der Waals surface area contributed by atoms with Crippen molar-refractivity contribution in [2.24, 2.45) is 0 Å². The van der Waals surface area contributed by atoms with Crippen LogP contribution in [0.5, 0.6) is 5.75 Å². The maximum Gasteiger partial charge on any atom is 0.257 e. The summed E-state index contributed by atoms with van der Waals surface area (Å²) in [6.07, 6.45) is 5.51. The molecule has 0 atom stereocenters. The summed E-state index contributed by atoms with van der Waals surface area (Å²) >= 11 is 8.71. The Hall–Kier alpha value is -1.66. The number of benzene rings is 1. The van der Waals surface area contributed by atoms with Crippen LogP contribution in [0.2, 0.25) is 0 Å². The molecule has 0 bridgehead atoms. The highest BCUT2D eigenvalue weighted by Gasteiger charge is 2.13. The summed E-state index contributed by atoms with van der Waals surface area (Å²) in [5, 5.41) is 3.07. The van der Waals surface area contributed by atoms with E-state index in [0.717, 1.165) is 23.1 Å². The molecule has 1 aromatic carbocycles. The van der Waals surface area contributed by atoms with Crippen molar-refractivity contribution in [3.8, 4) is 5.75 Å². The lowest BCUT2D eigenvalue weighted by Crippen LogP contribution is -2.42. The fraction of sp³-hybridized carbons (Fsp3) is 0.333. The van der Waals surface area contributed by atoms with Crippen LogP contribution in [-0.2, 0) is 0 Å². The fourth-order valence-corrected chi connectivity index (χ4v) is 2.62. The minimum atomic E-state index is -0.265. The van der Waals surface area contributed by atoms with E-state index in [9.17, 15) is 4.79 Å². The van der Waals surface area contributed by atoms with Gasteiger partial charge in [0.1, 0.15) is 5.75 Å². The van der Waals surface area contributed by atoms with Gasteiger partial charge in [-0.05, 0) is 52.8 Å². The molecular formula is C18H23BrN2O2S. The van der Waals surface area contributed by atoms with Crippen LogP contribution in [-0.4, -0.2) is 35.6 Å². The number of hydrogen-bond donors (Lipinski definition) is 1. The van der Waals surface area contributed by atoms with Gasteiger partial charge in [0.15, 0.2) is 5.11 Å². The van der Waals surface area contributed by atoms with Crippen molar-refractivity contribution >= 4 is 39.2 Å². The standard InChI is InChI=1S/C18H23BrN2O2S/c1-4-7-12-23-16-9-8-14(13-15(16)19)17(22)20-18(24)21(10-5-2)11-6-3/h5-6,8-9,13H,2-4,7,10-12H2,1H3,(H,20,22,24). The number of ether oxygens (including phenoxy) is 1. The average molecular weight is 411 g/mol. The molecule has 0 heterocycles. The molecule has 0 aliphatic rings. The molecule has 0 saturated carbocycles. The number of halogens is 1. The normalized spacial score (nSPS) is 9.92. The van der Waals surface area contributed by atoms with Crippen LogP contribution in [0.1, 0.15) is 30.1 Å². The number of unbranched alkanes of at least 4 members (excludes halogenated alkanes) is 1. The largest absolute Gasteiger partial charge is 0.492 e. The van der Waals surface area contributed by atoms with Crippen LogP contribution >= 0.6 is 28.1 Å². The highest BCUT2D eigenvalue weighted by atomic mass is 79.9. The second-order valence-electron chi connectivity index (χ2n) is 5.09. The number of carbonyl (C=O) groups is 1. The molecule has 6 heteroatoms. The quantitative estimate of drug-likeness (QED) is 0.374. The third-order valence-electron chi connectivity index (χ3n) is 3.16. The molecule has 130 valence electrons. The zero-order chi connectivity index (χ0) is 17.9. The highest BCUT2D eigenvalue weighted by molar-refractivity contribution is 9.10. The number of carbonyl (C=O) groups excluding carboxylic acids is 1. The predicted octanol–water partition coefficient (Wildman–Crippen LogP) is 4.32. The lowest BCUT2D eigenvalue weighted by atomic mass is 10.2. The Morgan fingerprint density at radius 3 is 2.58 bits per heavy atom. The SMILES string of the molecule is C=CCN(CC=C)C(=S)NC(=O)c1ccc(OCCCC)c(Br)c1. The van der Waals surface area contributed by atoms with Crippen molar-refractivity contribution < 1.29 is 9.53 Å². The van der Waals surface area contributed by atoms with Crippen LogP contribution < -0.4 is 10.1 Å². The maximum absolute atomic E-state index is 12.4. The average Bonchev–Trinajstić information content (AvgIpc) is 2.56. The first-order valence-electron chi connectivity index (χ1n) is 7.77. The Balaban J connectivity index is 2.73. The second kappa shape index (κ2) is 11.0. The Labute approximate surface area is 157 Å². The number of nitrogens with zero attached hydrogens (tertiary/aromatic N) is 1. The zero-order valence-corrected chi connectivity index (χ0v) is 16.3. The molecule has 4 nitrogen and oxygen atoms in total. The molecule has 24 heavy (non-hydrogen) atoms.